The van der Waals surface area contributed by atoms with Crippen molar-refractivity contribution in [3.8, 4) is 0 Å². The number of carbonyl (C=O) groups excluding carboxylic acids is 1. The number of allylic oxidation sites excluding steroid dienone is 1. The topological polar surface area (TPSA) is 55.1 Å². The fourth-order valence-electron chi connectivity index (χ4n) is 3.09. The molecule has 1 saturated heterocycles. The van der Waals surface area contributed by atoms with E-state index < -0.39 is 0 Å². The largest absolute Gasteiger partial charge is 0.366 e. The molecule has 1 aliphatic heterocycles. The first-order valence-corrected chi connectivity index (χ1v) is 6.58. The van der Waals surface area contributed by atoms with Gasteiger partial charge in [0.2, 0.25) is 5.91 Å². The molecule has 1 aliphatic carbocycles. The highest BCUT2D eigenvalue weighted by Gasteiger charge is 2.27. The van der Waals surface area contributed by atoms with Crippen LogP contribution in [0.1, 0.15) is 40.2 Å². The second kappa shape index (κ2) is 4.58. The number of nitrogens with two attached hydrogens (primary N) is 1. The van der Waals surface area contributed by atoms with E-state index in [2.05, 4.69) is 17.5 Å². The lowest BCUT2D eigenvalue weighted by Crippen LogP contribution is -2.30. The maximum Gasteiger partial charge on any atom is 0.248 e. The van der Waals surface area contributed by atoms with E-state index in [0.29, 0.717) is 17.4 Å². The van der Waals surface area contributed by atoms with Gasteiger partial charge in [-0.05, 0) is 55.1 Å². The van der Waals surface area contributed by atoms with Gasteiger partial charge in [0, 0.05) is 11.5 Å². The van der Waals surface area contributed by atoms with E-state index >= 15 is 0 Å². The Labute approximate surface area is 107 Å². The summed E-state index contributed by atoms with van der Waals surface area (Å²) in [7, 11) is 0. The molecule has 1 heterocycles. The Morgan fingerprint density at radius 3 is 2.78 bits per heavy atom. The first-order valence-electron chi connectivity index (χ1n) is 6.58. The van der Waals surface area contributed by atoms with Gasteiger partial charge in [-0.3, -0.25) is 4.79 Å². The fraction of sp³-hybridized carbons (Fsp3) is 0.400. The number of hydrogen-bond donors (Lipinski definition) is 2. The van der Waals surface area contributed by atoms with Crippen LogP contribution >= 0.6 is 0 Å². The second-order valence-corrected chi connectivity index (χ2v) is 5.18. The highest BCUT2D eigenvalue weighted by atomic mass is 16.1. The van der Waals surface area contributed by atoms with Gasteiger partial charge in [-0.1, -0.05) is 18.2 Å². The molecule has 18 heavy (non-hydrogen) atoms. The molecule has 3 rings (SSSR count). The molecule has 1 aromatic rings. The van der Waals surface area contributed by atoms with Gasteiger partial charge in [-0.25, -0.2) is 0 Å². The maximum absolute atomic E-state index is 11.3. The number of piperidine rings is 1. The van der Waals surface area contributed by atoms with Gasteiger partial charge in [0.05, 0.1) is 0 Å². The molecule has 1 unspecified atom stereocenters. The summed E-state index contributed by atoms with van der Waals surface area (Å²) in [5.74, 6) is 0.807. The van der Waals surface area contributed by atoms with E-state index in [1.807, 2.05) is 18.2 Å². The Hall–Kier alpha value is -1.61. The molecular formula is C15H18N2O. The molecule has 0 aromatic heterocycles. The van der Waals surface area contributed by atoms with Crippen LogP contribution in [0.2, 0.25) is 0 Å². The Balaban J connectivity index is 1.91. The number of carbonyl (C=O) groups is 1. The third-order valence-corrected chi connectivity index (χ3v) is 4.11. The summed E-state index contributed by atoms with van der Waals surface area (Å²) in [4.78, 5) is 11.3. The molecule has 3 nitrogen and oxygen atoms in total. The summed E-state index contributed by atoms with van der Waals surface area (Å²) in [6.07, 6.45) is 6.86. The molecule has 3 heteroatoms. The number of fused-ring (bicyclic) bond motifs is 1. The molecule has 0 bridgehead atoms. The van der Waals surface area contributed by atoms with Gasteiger partial charge >= 0.3 is 0 Å². The first-order chi connectivity index (χ1) is 8.75. The van der Waals surface area contributed by atoms with E-state index in [1.165, 1.54) is 24.0 Å². The lowest BCUT2D eigenvalue weighted by molar-refractivity contribution is 0.1000. The van der Waals surface area contributed by atoms with E-state index in [1.54, 1.807) is 0 Å². The summed E-state index contributed by atoms with van der Waals surface area (Å²) in [6.45, 7) is 2.19. The third-order valence-electron chi connectivity index (χ3n) is 4.11. The van der Waals surface area contributed by atoms with Crippen LogP contribution in [0, 0.1) is 5.92 Å². The van der Waals surface area contributed by atoms with Crippen molar-refractivity contribution >= 4 is 12.0 Å². The molecule has 3 N–H and O–H groups in total. The summed E-state index contributed by atoms with van der Waals surface area (Å²) >= 11 is 0. The average molecular weight is 242 g/mol. The highest BCUT2D eigenvalue weighted by molar-refractivity contribution is 5.93. The zero-order valence-electron chi connectivity index (χ0n) is 10.4. The van der Waals surface area contributed by atoms with Crippen LogP contribution in [-0.2, 0) is 0 Å². The third kappa shape index (κ3) is 1.95. The van der Waals surface area contributed by atoms with Gasteiger partial charge in [0.15, 0.2) is 0 Å². The van der Waals surface area contributed by atoms with E-state index in [-0.39, 0.29) is 5.91 Å². The second-order valence-electron chi connectivity index (χ2n) is 5.18. The predicted molar refractivity (Wildman–Crippen MR) is 72.3 cm³/mol. The predicted octanol–water partition coefficient (Wildman–Crippen LogP) is 1.90. The zero-order valence-corrected chi connectivity index (χ0v) is 10.4. The molecule has 1 atom stereocenters. The Bertz CT molecular complexity index is 501. The number of hydrogen-bond acceptors (Lipinski definition) is 2. The molecule has 1 fully saturated rings. The molecule has 94 valence electrons. The van der Waals surface area contributed by atoms with Crippen LogP contribution in [0.3, 0.4) is 0 Å². The molecule has 2 aliphatic rings. The van der Waals surface area contributed by atoms with Gasteiger partial charge in [-0.15, -0.1) is 0 Å². The number of amides is 1. The summed E-state index contributed by atoms with van der Waals surface area (Å²) in [5.41, 5.74) is 8.50. The van der Waals surface area contributed by atoms with E-state index in [9.17, 15) is 4.79 Å². The lowest BCUT2D eigenvalue weighted by Gasteiger charge is -2.28. The molecule has 0 spiro atoms. The molecule has 0 saturated carbocycles. The Kier molecular flexibility index (Phi) is 2.92. The van der Waals surface area contributed by atoms with Crippen LogP contribution in [0.25, 0.3) is 6.08 Å². The van der Waals surface area contributed by atoms with Crippen molar-refractivity contribution in [2.45, 2.75) is 18.8 Å². The maximum atomic E-state index is 11.3. The molecular weight excluding hydrogens is 224 g/mol. The zero-order chi connectivity index (χ0) is 12.5. The molecule has 0 radical (unpaired) electrons. The van der Waals surface area contributed by atoms with Crippen molar-refractivity contribution in [2.75, 3.05) is 13.1 Å². The van der Waals surface area contributed by atoms with Crippen molar-refractivity contribution in [1.29, 1.82) is 0 Å². The van der Waals surface area contributed by atoms with Gasteiger partial charge in [0.1, 0.15) is 0 Å². The van der Waals surface area contributed by atoms with Gasteiger partial charge in [-0.2, -0.15) is 0 Å². The minimum Gasteiger partial charge on any atom is -0.366 e. The quantitative estimate of drug-likeness (QED) is 0.832. The minimum absolute atomic E-state index is 0.339. The minimum atomic E-state index is -0.339. The van der Waals surface area contributed by atoms with Crippen molar-refractivity contribution in [2.24, 2.45) is 11.7 Å². The average Bonchev–Trinajstić information content (AvgIpc) is 2.82. The summed E-state index contributed by atoms with van der Waals surface area (Å²) in [5, 5.41) is 3.39. The van der Waals surface area contributed by atoms with E-state index in [0.717, 1.165) is 13.1 Å². The van der Waals surface area contributed by atoms with Crippen LogP contribution in [0.15, 0.2) is 24.3 Å². The lowest BCUT2D eigenvalue weighted by atomic mass is 9.81. The summed E-state index contributed by atoms with van der Waals surface area (Å²) < 4.78 is 0. The van der Waals surface area contributed by atoms with Crippen molar-refractivity contribution in [1.82, 2.24) is 5.32 Å². The summed E-state index contributed by atoms with van der Waals surface area (Å²) in [6, 6.07) is 5.80. The Morgan fingerprint density at radius 1 is 1.28 bits per heavy atom. The number of nitrogens with one attached hydrogen (secondary N) is 1. The van der Waals surface area contributed by atoms with Crippen LogP contribution < -0.4 is 11.1 Å². The Morgan fingerprint density at radius 2 is 2.06 bits per heavy atom. The number of benzene rings is 1. The SMILES string of the molecule is NC(=O)c1ccc2c(c1)C(C1CCNCC1)C=C2. The van der Waals surface area contributed by atoms with Crippen molar-refractivity contribution in [3.63, 3.8) is 0 Å². The van der Waals surface area contributed by atoms with Crippen LogP contribution in [0.4, 0.5) is 0 Å². The molecule has 1 amide bonds. The monoisotopic (exact) mass is 242 g/mol. The van der Waals surface area contributed by atoms with Crippen molar-refractivity contribution in [3.05, 3.63) is 41.0 Å². The highest BCUT2D eigenvalue weighted by Crippen LogP contribution is 2.39. The normalized spacial score (nSPS) is 23.0. The van der Waals surface area contributed by atoms with E-state index in [4.69, 9.17) is 5.73 Å². The number of primary amides is 1. The fourth-order valence-corrected chi connectivity index (χ4v) is 3.09. The van der Waals surface area contributed by atoms with Gasteiger partial charge < -0.3 is 11.1 Å². The smallest absolute Gasteiger partial charge is 0.248 e. The van der Waals surface area contributed by atoms with Crippen LogP contribution in [-0.4, -0.2) is 19.0 Å². The van der Waals surface area contributed by atoms with Gasteiger partial charge in [0.25, 0.3) is 0 Å². The standard InChI is InChI=1S/C15H18N2O/c16-15(18)12-2-1-10-3-4-13(14(10)9-12)11-5-7-17-8-6-11/h1-4,9,11,13,17H,5-8H2,(H2,16,18). The van der Waals surface area contributed by atoms with Crippen LogP contribution in [0.5, 0.6) is 0 Å². The molecule has 1 aromatic carbocycles. The van der Waals surface area contributed by atoms with Crippen molar-refractivity contribution < 1.29 is 4.79 Å². The first kappa shape index (κ1) is 11.5. The number of rotatable bonds is 2.